The molecule has 0 atom stereocenters. The van der Waals surface area contributed by atoms with Crippen molar-refractivity contribution in [1.29, 1.82) is 0 Å². The maximum atomic E-state index is 12.2. The highest BCUT2D eigenvalue weighted by Crippen LogP contribution is 2.36. The van der Waals surface area contributed by atoms with Gasteiger partial charge in [0, 0.05) is 22.8 Å². The topological polar surface area (TPSA) is 134 Å². The molecule has 0 spiro atoms. The van der Waals surface area contributed by atoms with Gasteiger partial charge < -0.3 is 5.11 Å². The van der Waals surface area contributed by atoms with Crippen molar-refractivity contribution in [3.63, 3.8) is 0 Å². The maximum Gasteiger partial charge on any atom is 0.276 e. The third-order valence-corrected chi connectivity index (χ3v) is 4.50. The van der Waals surface area contributed by atoms with E-state index in [1.807, 2.05) is 48.5 Å². The Hall–Kier alpha value is -4.40. The van der Waals surface area contributed by atoms with Gasteiger partial charge in [-0.25, -0.2) is 0 Å². The second kappa shape index (κ2) is 6.97. The SMILES string of the molecule is O=[N+]([O-])c1cc(/C=N\N=C2c3ccccc3-c3ccccc32)c([O-])c([N+](=O)[O-])c1. The predicted molar refractivity (Wildman–Crippen MR) is 104 cm³/mol. The summed E-state index contributed by atoms with van der Waals surface area (Å²) in [5, 5.41) is 42.3. The quantitative estimate of drug-likeness (QED) is 0.300. The van der Waals surface area contributed by atoms with Crippen molar-refractivity contribution in [2.75, 3.05) is 0 Å². The number of benzene rings is 3. The first-order valence-electron chi connectivity index (χ1n) is 8.41. The number of hydrogen-bond acceptors (Lipinski definition) is 7. The van der Waals surface area contributed by atoms with Crippen LogP contribution in [-0.2, 0) is 0 Å². The lowest BCUT2D eigenvalue weighted by atomic mass is 10.1. The molecule has 1 aliphatic rings. The summed E-state index contributed by atoms with van der Waals surface area (Å²) in [5.41, 5.74) is 2.55. The molecule has 0 saturated carbocycles. The van der Waals surface area contributed by atoms with Crippen molar-refractivity contribution in [2.24, 2.45) is 10.2 Å². The van der Waals surface area contributed by atoms with Gasteiger partial charge in [0.1, 0.15) is 5.71 Å². The number of fused-ring (bicyclic) bond motifs is 3. The van der Waals surface area contributed by atoms with Crippen molar-refractivity contribution in [1.82, 2.24) is 0 Å². The maximum absolute atomic E-state index is 12.2. The van der Waals surface area contributed by atoms with Crippen molar-refractivity contribution >= 4 is 23.3 Å². The number of non-ortho nitro benzene ring substituents is 1. The first-order chi connectivity index (χ1) is 14.0. The van der Waals surface area contributed by atoms with E-state index in [-0.39, 0.29) is 5.56 Å². The van der Waals surface area contributed by atoms with Crippen LogP contribution in [0.25, 0.3) is 11.1 Å². The Balaban J connectivity index is 1.79. The lowest BCUT2D eigenvalue weighted by Gasteiger charge is -2.09. The zero-order chi connectivity index (χ0) is 20.5. The fraction of sp³-hybridized carbons (Fsp3) is 0. The van der Waals surface area contributed by atoms with E-state index in [0.29, 0.717) is 11.8 Å². The molecule has 0 bridgehead atoms. The monoisotopic (exact) mass is 387 g/mol. The minimum absolute atomic E-state index is 0.283. The van der Waals surface area contributed by atoms with Gasteiger partial charge in [0.25, 0.3) is 11.4 Å². The predicted octanol–water partition coefficient (Wildman–Crippen LogP) is 3.43. The Labute approximate surface area is 163 Å². The van der Waals surface area contributed by atoms with Crippen LogP contribution in [0.1, 0.15) is 16.7 Å². The average molecular weight is 387 g/mol. The van der Waals surface area contributed by atoms with Gasteiger partial charge in [-0.2, -0.15) is 5.10 Å². The molecule has 9 heteroatoms. The highest BCUT2D eigenvalue weighted by atomic mass is 16.6. The van der Waals surface area contributed by atoms with Crippen LogP contribution in [0.5, 0.6) is 5.75 Å². The molecule has 9 nitrogen and oxygen atoms in total. The Morgan fingerprint density at radius 3 is 1.86 bits per heavy atom. The Morgan fingerprint density at radius 2 is 1.34 bits per heavy atom. The number of nitro groups is 2. The van der Waals surface area contributed by atoms with Crippen LogP contribution in [-0.4, -0.2) is 21.8 Å². The molecule has 0 radical (unpaired) electrons. The number of hydrogen-bond donors (Lipinski definition) is 0. The van der Waals surface area contributed by atoms with E-state index in [1.165, 1.54) is 0 Å². The molecule has 0 aromatic heterocycles. The van der Waals surface area contributed by atoms with Gasteiger partial charge in [0.15, 0.2) is 0 Å². The molecule has 0 unspecified atom stereocenters. The second-order valence-electron chi connectivity index (χ2n) is 6.18. The van der Waals surface area contributed by atoms with Crippen LogP contribution >= 0.6 is 0 Å². The number of nitrogens with zero attached hydrogens (tertiary/aromatic N) is 4. The van der Waals surface area contributed by atoms with Crippen LogP contribution in [0.3, 0.4) is 0 Å². The molecule has 0 aliphatic heterocycles. The van der Waals surface area contributed by atoms with E-state index in [0.717, 1.165) is 34.5 Å². The first kappa shape index (κ1) is 18.0. The van der Waals surface area contributed by atoms with Gasteiger partial charge >= 0.3 is 0 Å². The highest BCUT2D eigenvalue weighted by Gasteiger charge is 2.24. The fourth-order valence-electron chi connectivity index (χ4n) is 3.21. The van der Waals surface area contributed by atoms with Crippen LogP contribution in [0.2, 0.25) is 0 Å². The lowest BCUT2D eigenvalue weighted by Crippen LogP contribution is -2.04. The van der Waals surface area contributed by atoms with E-state index >= 15 is 0 Å². The molecule has 3 aromatic carbocycles. The van der Waals surface area contributed by atoms with Crippen LogP contribution in [0, 0.1) is 20.2 Å². The summed E-state index contributed by atoms with van der Waals surface area (Å²) in [7, 11) is 0. The molecule has 0 N–H and O–H groups in total. The molecule has 4 rings (SSSR count). The van der Waals surface area contributed by atoms with Crippen LogP contribution < -0.4 is 5.11 Å². The third-order valence-electron chi connectivity index (χ3n) is 4.50. The summed E-state index contributed by atoms with van der Waals surface area (Å²) in [6.07, 6.45) is 0.999. The minimum atomic E-state index is -0.961. The summed E-state index contributed by atoms with van der Waals surface area (Å²) in [4.78, 5) is 20.3. The zero-order valence-electron chi connectivity index (χ0n) is 14.7. The van der Waals surface area contributed by atoms with Gasteiger partial charge in [-0.05, 0) is 16.9 Å². The minimum Gasteiger partial charge on any atom is -0.867 e. The van der Waals surface area contributed by atoms with Crippen LogP contribution in [0.4, 0.5) is 11.4 Å². The van der Waals surface area contributed by atoms with Crippen molar-refractivity contribution < 1.29 is 15.0 Å². The van der Waals surface area contributed by atoms with Crippen molar-refractivity contribution in [2.45, 2.75) is 0 Å². The molecular formula is C20H11N4O5-. The van der Waals surface area contributed by atoms with Gasteiger partial charge in [-0.1, -0.05) is 48.5 Å². The lowest BCUT2D eigenvalue weighted by molar-refractivity contribution is -0.403. The molecule has 3 aromatic rings. The van der Waals surface area contributed by atoms with E-state index in [2.05, 4.69) is 10.2 Å². The van der Waals surface area contributed by atoms with E-state index in [4.69, 9.17) is 0 Å². The first-order valence-corrected chi connectivity index (χ1v) is 8.41. The molecule has 0 fully saturated rings. The van der Waals surface area contributed by atoms with Gasteiger partial charge in [-0.15, -0.1) is 5.10 Å². The molecule has 0 saturated heterocycles. The van der Waals surface area contributed by atoms with E-state index < -0.39 is 27.0 Å². The highest BCUT2D eigenvalue weighted by molar-refractivity contribution is 6.24. The van der Waals surface area contributed by atoms with Gasteiger partial charge in [-0.3, -0.25) is 20.2 Å². The van der Waals surface area contributed by atoms with E-state index in [1.54, 1.807) is 0 Å². The Bertz CT molecular complexity index is 1190. The normalized spacial score (nSPS) is 11.9. The Kier molecular flexibility index (Phi) is 4.32. The van der Waals surface area contributed by atoms with Gasteiger partial charge in [0.05, 0.1) is 22.1 Å². The number of rotatable bonds is 4. The molecule has 0 amide bonds. The summed E-state index contributed by atoms with van der Waals surface area (Å²) in [6.45, 7) is 0. The number of nitro benzene ring substituents is 2. The van der Waals surface area contributed by atoms with Gasteiger partial charge in [0.2, 0.25) is 0 Å². The molecular weight excluding hydrogens is 376 g/mol. The second-order valence-corrected chi connectivity index (χ2v) is 6.18. The van der Waals surface area contributed by atoms with E-state index in [9.17, 15) is 25.3 Å². The summed E-state index contributed by atoms with van der Waals surface area (Å²) in [5.74, 6) is -0.961. The summed E-state index contributed by atoms with van der Waals surface area (Å²) >= 11 is 0. The smallest absolute Gasteiger partial charge is 0.276 e. The average Bonchev–Trinajstić information content (AvgIpc) is 3.03. The molecule has 0 heterocycles. The standard InChI is InChI=1S/C20H12N4O5/c25-20-12(9-13(23(26)27)10-18(20)24(28)29)11-21-22-19-16-7-3-1-5-14(16)15-6-2-4-8-17(15)19/h1-11,25H/p-1/b21-11-. The van der Waals surface area contributed by atoms with Crippen molar-refractivity contribution in [3.05, 3.63) is 97.6 Å². The summed E-state index contributed by atoms with van der Waals surface area (Å²) < 4.78 is 0. The van der Waals surface area contributed by atoms with Crippen molar-refractivity contribution in [3.8, 4) is 16.9 Å². The largest absolute Gasteiger partial charge is 0.867 e. The Morgan fingerprint density at radius 1 is 0.793 bits per heavy atom. The van der Waals surface area contributed by atoms with Crippen LogP contribution in [0.15, 0.2) is 70.9 Å². The molecule has 142 valence electrons. The third kappa shape index (κ3) is 3.10. The molecule has 29 heavy (non-hydrogen) atoms. The zero-order valence-corrected chi connectivity index (χ0v) is 14.7. The summed E-state index contributed by atoms with van der Waals surface area (Å²) in [6, 6.07) is 16.8. The molecule has 1 aliphatic carbocycles. The fourth-order valence-corrected chi connectivity index (χ4v) is 3.21.